The number of anilines is 1. The Hall–Kier alpha value is -3.81. The summed E-state index contributed by atoms with van der Waals surface area (Å²) in [4.78, 5) is 40.0. The molecule has 3 saturated heterocycles. The van der Waals surface area contributed by atoms with Gasteiger partial charge in [0.15, 0.2) is 12.6 Å². The molecule has 3 aliphatic heterocycles. The van der Waals surface area contributed by atoms with Gasteiger partial charge in [-0.05, 0) is 52.0 Å². The number of benzene rings is 2. The van der Waals surface area contributed by atoms with E-state index in [1.807, 2.05) is 26.0 Å². The van der Waals surface area contributed by atoms with Crippen LogP contribution in [0.15, 0.2) is 71.3 Å². The number of carbonyl (C=O) groups excluding carboxylic acids is 3. The number of quaternary nitrogens is 1. The molecule has 0 radical (unpaired) electrons. The maximum absolute atomic E-state index is 13.7. The second kappa shape index (κ2) is 13.7. The number of alkyl halides is 3. The summed E-state index contributed by atoms with van der Waals surface area (Å²) < 4.78 is 39.1. The van der Waals surface area contributed by atoms with Crippen LogP contribution in [0.3, 0.4) is 0 Å². The van der Waals surface area contributed by atoms with Crippen LogP contribution in [-0.2, 0) is 24.7 Å². The Bertz CT molecular complexity index is 1490. The maximum atomic E-state index is 13.7. The number of carboxylic acids is 1. The summed E-state index contributed by atoms with van der Waals surface area (Å²) in [6, 6.07) is 17.8. The van der Waals surface area contributed by atoms with Gasteiger partial charge >= 0.3 is 12.1 Å². The molecule has 0 spiro atoms. The van der Waals surface area contributed by atoms with Gasteiger partial charge in [0.25, 0.3) is 5.91 Å². The lowest BCUT2D eigenvalue weighted by Gasteiger charge is -2.51. The van der Waals surface area contributed by atoms with Gasteiger partial charge in [0, 0.05) is 29.4 Å². The first-order chi connectivity index (χ1) is 21.2. The molecule has 1 atom stereocenters. The number of aromatic nitrogens is 1. The van der Waals surface area contributed by atoms with Crippen LogP contribution in [-0.4, -0.2) is 70.9 Å². The minimum absolute atomic E-state index is 0.0992. The average Bonchev–Trinajstić information content (AvgIpc) is 3.02. The number of fused-ring (bicyclic) bond motifs is 3. The zero-order chi connectivity index (χ0) is 33.0. The molecule has 2 bridgehead atoms. The maximum Gasteiger partial charge on any atom is 0.430 e. The number of esters is 1. The van der Waals surface area contributed by atoms with E-state index in [4.69, 9.17) is 14.6 Å². The van der Waals surface area contributed by atoms with E-state index < -0.39 is 23.7 Å². The number of carboxylic acid groups (broad SMARTS) is 1. The van der Waals surface area contributed by atoms with Crippen LogP contribution >= 0.6 is 15.9 Å². The van der Waals surface area contributed by atoms with E-state index in [2.05, 4.69) is 26.2 Å². The number of hydrogen-bond acceptors (Lipinski definition) is 7. The topological polar surface area (TPSA) is 129 Å². The first-order valence-corrected chi connectivity index (χ1v) is 15.0. The predicted molar refractivity (Wildman–Crippen MR) is 159 cm³/mol. The van der Waals surface area contributed by atoms with E-state index in [9.17, 15) is 27.9 Å². The van der Waals surface area contributed by atoms with E-state index >= 15 is 0 Å². The Labute approximate surface area is 266 Å². The van der Waals surface area contributed by atoms with Crippen molar-refractivity contribution >= 4 is 39.6 Å². The molecule has 3 aromatic rings. The van der Waals surface area contributed by atoms with Gasteiger partial charge in [-0.25, -0.2) is 9.78 Å². The number of hydrogen-bond donors (Lipinski definition) is 2. The molecule has 0 saturated carbocycles. The Balaban J connectivity index is 0.000000591. The molecular weight excluding hydrogens is 659 g/mol. The predicted octanol–water partition coefficient (Wildman–Crippen LogP) is 3.79. The van der Waals surface area contributed by atoms with E-state index in [1.165, 1.54) is 0 Å². The van der Waals surface area contributed by atoms with Crippen molar-refractivity contribution in [2.45, 2.75) is 44.6 Å². The number of aliphatic hydroxyl groups is 1. The molecule has 3 fully saturated rings. The lowest BCUT2D eigenvalue weighted by molar-refractivity contribution is -0.939. The van der Waals surface area contributed by atoms with Crippen LogP contribution in [0.1, 0.15) is 35.1 Å². The van der Waals surface area contributed by atoms with Crippen molar-refractivity contribution in [2.24, 2.45) is 5.92 Å². The SMILES string of the molecule is Cc1c(Br)cnc(NC(=O)C[N+]23CCC(CC2)[C@@H](OC(=O)C(O)(c2ccccc2)c2ccccc2)C3)c1C.O=C([O-])C(F)(F)F. The van der Waals surface area contributed by atoms with Crippen molar-refractivity contribution in [3.63, 3.8) is 0 Å². The van der Waals surface area contributed by atoms with Gasteiger partial charge in [0.1, 0.15) is 18.3 Å². The van der Waals surface area contributed by atoms with Crippen LogP contribution in [0.4, 0.5) is 19.0 Å². The van der Waals surface area contributed by atoms with Crippen molar-refractivity contribution in [1.82, 2.24) is 4.98 Å². The summed E-state index contributed by atoms with van der Waals surface area (Å²) in [6.45, 7) is 6.49. The molecule has 2 N–H and O–H groups in total. The highest BCUT2D eigenvalue weighted by atomic mass is 79.9. The molecule has 13 heteroatoms. The summed E-state index contributed by atoms with van der Waals surface area (Å²) in [5.41, 5.74) is 0.983. The number of nitrogens with zero attached hydrogens (tertiary/aromatic N) is 2. The van der Waals surface area contributed by atoms with E-state index in [0.717, 1.165) is 41.5 Å². The number of amides is 1. The van der Waals surface area contributed by atoms with Gasteiger partial charge in [-0.3, -0.25) is 4.79 Å². The van der Waals surface area contributed by atoms with Gasteiger partial charge in [0.05, 0.1) is 13.1 Å². The Morgan fingerprint density at radius 2 is 1.51 bits per heavy atom. The minimum atomic E-state index is -5.19. The monoisotopic (exact) mass is 691 g/mol. The van der Waals surface area contributed by atoms with Crippen molar-refractivity contribution < 1.29 is 47.0 Å². The number of halogens is 4. The molecule has 4 heterocycles. The highest BCUT2D eigenvalue weighted by molar-refractivity contribution is 9.10. The molecule has 1 aromatic heterocycles. The number of rotatable bonds is 7. The standard InChI is InChI=1S/C30H32BrN3O4.C2HF3O2/c1-20-21(2)28(32-17-25(20)31)33-27(35)19-34-15-13-22(14-16-34)26(18-34)38-29(36)30(37,23-9-5-3-6-10-23)24-11-7-4-8-12-24;3-2(4,5)1(6)7/h3-12,17,22,26,37H,13-16,18-19H2,1-2H3;(H,6,7)/t22?,26-,34?;/m0./s1. The highest BCUT2D eigenvalue weighted by Crippen LogP contribution is 2.38. The first kappa shape index (κ1) is 34.1. The normalized spacial score (nSPS) is 20.9. The number of ether oxygens (including phenoxy) is 1. The van der Waals surface area contributed by atoms with Crippen molar-refractivity contribution in [2.75, 3.05) is 31.5 Å². The highest BCUT2D eigenvalue weighted by Gasteiger charge is 2.51. The average molecular weight is 693 g/mol. The Kier molecular flexibility index (Phi) is 10.4. The zero-order valence-electron chi connectivity index (χ0n) is 24.6. The molecule has 0 aliphatic carbocycles. The van der Waals surface area contributed by atoms with Gasteiger partial charge in [0.2, 0.25) is 5.60 Å². The van der Waals surface area contributed by atoms with Gasteiger partial charge < -0.3 is 29.5 Å². The number of nitrogens with one attached hydrogen (secondary N) is 1. The summed E-state index contributed by atoms with van der Waals surface area (Å²) in [5, 5.41) is 23.6. The van der Waals surface area contributed by atoms with Crippen LogP contribution in [0, 0.1) is 19.8 Å². The summed E-state index contributed by atoms with van der Waals surface area (Å²) in [5.74, 6) is -3.00. The molecule has 2 aromatic carbocycles. The Morgan fingerprint density at radius 3 is 2.00 bits per heavy atom. The van der Waals surface area contributed by atoms with Crippen molar-refractivity contribution in [1.29, 1.82) is 0 Å². The second-order valence-corrected chi connectivity index (χ2v) is 12.2. The summed E-state index contributed by atoms with van der Waals surface area (Å²) in [7, 11) is 0. The van der Waals surface area contributed by atoms with Gasteiger partial charge in [-0.2, -0.15) is 13.2 Å². The van der Waals surface area contributed by atoms with Gasteiger partial charge in [-0.15, -0.1) is 0 Å². The third kappa shape index (κ3) is 7.71. The van der Waals surface area contributed by atoms with E-state index in [0.29, 0.717) is 34.5 Å². The third-order valence-corrected chi connectivity index (χ3v) is 9.33. The number of aliphatic carboxylic acids is 1. The van der Waals surface area contributed by atoms with Crippen LogP contribution < -0.4 is 10.4 Å². The molecular formula is C32H33BrF3N3O6. The smallest absolute Gasteiger partial charge is 0.430 e. The third-order valence-electron chi connectivity index (χ3n) is 8.53. The lowest BCUT2D eigenvalue weighted by atomic mass is 9.82. The fourth-order valence-corrected chi connectivity index (χ4v) is 6.23. The fourth-order valence-electron chi connectivity index (χ4n) is 5.83. The van der Waals surface area contributed by atoms with Crippen LogP contribution in [0.5, 0.6) is 0 Å². The van der Waals surface area contributed by atoms with Crippen LogP contribution in [0.25, 0.3) is 0 Å². The molecule has 1 amide bonds. The zero-order valence-corrected chi connectivity index (χ0v) is 26.2. The van der Waals surface area contributed by atoms with Crippen molar-refractivity contribution in [3.8, 4) is 0 Å². The Morgan fingerprint density at radius 1 is 1.00 bits per heavy atom. The molecule has 3 aliphatic rings. The molecule has 6 rings (SSSR count). The lowest BCUT2D eigenvalue weighted by Crippen LogP contribution is -2.66. The summed E-state index contributed by atoms with van der Waals surface area (Å²) in [6.07, 6.45) is -2.12. The largest absolute Gasteiger partial charge is 0.542 e. The number of carbonyl (C=O) groups is 3. The number of piperidine rings is 3. The molecule has 240 valence electrons. The first-order valence-electron chi connectivity index (χ1n) is 14.3. The molecule has 9 nitrogen and oxygen atoms in total. The summed E-state index contributed by atoms with van der Waals surface area (Å²) >= 11 is 3.48. The van der Waals surface area contributed by atoms with Crippen LogP contribution in [0.2, 0.25) is 0 Å². The van der Waals surface area contributed by atoms with E-state index in [-0.39, 0.29) is 17.9 Å². The minimum Gasteiger partial charge on any atom is -0.542 e. The number of pyridine rings is 1. The van der Waals surface area contributed by atoms with Crippen molar-refractivity contribution in [3.05, 3.63) is 93.6 Å². The quantitative estimate of drug-likeness (QED) is 0.285. The van der Waals surface area contributed by atoms with E-state index in [1.54, 1.807) is 54.7 Å². The fraction of sp³-hybridized carbons (Fsp3) is 0.375. The molecule has 45 heavy (non-hydrogen) atoms. The second-order valence-electron chi connectivity index (χ2n) is 11.4. The van der Waals surface area contributed by atoms with Gasteiger partial charge in [-0.1, -0.05) is 60.7 Å². The molecule has 0 unspecified atom stereocenters.